The van der Waals surface area contributed by atoms with E-state index in [1.165, 1.54) is 37.8 Å². The van der Waals surface area contributed by atoms with Gasteiger partial charge in [-0.05, 0) is 61.1 Å². The van der Waals surface area contributed by atoms with Crippen molar-refractivity contribution in [2.75, 3.05) is 20.8 Å². The standard InChI is InChI=1S/C21H22O5/c1-24-19-10-9-17(12-20(19)25-2)21(23)26-13-18(22)16-8-7-14-5-3-4-6-15(14)11-16/h7-12H,3-6,13H2,1-2H3. The SMILES string of the molecule is COc1ccc(C(=O)OCC(=O)c2ccc3c(c2)CCCC3)cc1OC. The van der Waals surface area contributed by atoms with Crippen molar-refractivity contribution >= 4 is 11.8 Å². The van der Waals surface area contributed by atoms with Crippen LogP contribution in [0.3, 0.4) is 0 Å². The first-order valence-corrected chi connectivity index (χ1v) is 8.66. The van der Waals surface area contributed by atoms with Crippen LogP contribution in [0.4, 0.5) is 0 Å². The van der Waals surface area contributed by atoms with Gasteiger partial charge in [0, 0.05) is 5.56 Å². The summed E-state index contributed by atoms with van der Waals surface area (Å²) in [6, 6.07) is 10.5. The van der Waals surface area contributed by atoms with Gasteiger partial charge in [0.2, 0.25) is 0 Å². The molecule has 0 aliphatic heterocycles. The summed E-state index contributed by atoms with van der Waals surface area (Å²) in [5, 5.41) is 0. The molecule has 0 aromatic heterocycles. The normalized spacial score (nSPS) is 12.8. The van der Waals surface area contributed by atoms with E-state index >= 15 is 0 Å². The van der Waals surface area contributed by atoms with Crippen molar-refractivity contribution in [3.8, 4) is 11.5 Å². The lowest BCUT2D eigenvalue weighted by Gasteiger charge is -2.16. The Morgan fingerprint density at radius 3 is 2.27 bits per heavy atom. The second-order valence-electron chi connectivity index (χ2n) is 6.26. The minimum absolute atomic E-state index is 0.202. The Hall–Kier alpha value is -2.82. The van der Waals surface area contributed by atoms with Crippen molar-refractivity contribution in [2.45, 2.75) is 25.7 Å². The number of hydrogen-bond donors (Lipinski definition) is 0. The minimum atomic E-state index is -0.572. The zero-order valence-corrected chi connectivity index (χ0v) is 15.0. The van der Waals surface area contributed by atoms with Gasteiger partial charge in [0.05, 0.1) is 19.8 Å². The molecule has 0 spiro atoms. The third-order valence-electron chi connectivity index (χ3n) is 4.62. The molecule has 136 valence electrons. The first-order chi connectivity index (χ1) is 12.6. The Bertz CT molecular complexity index is 774. The van der Waals surface area contributed by atoms with Gasteiger partial charge in [-0.3, -0.25) is 4.79 Å². The van der Waals surface area contributed by atoms with Gasteiger partial charge in [-0.25, -0.2) is 4.79 Å². The smallest absolute Gasteiger partial charge is 0.338 e. The van der Waals surface area contributed by atoms with Crippen LogP contribution in [-0.4, -0.2) is 32.6 Å². The number of esters is 1. The van der Waals surface area contributed by atoms with Gasteiger partial charge in [0.15, 0.2) is 23.9 Å². The molecule has 0 saturated carbocycles. The molecular formula is C21H22O5. The van der Waals surface area contributed by atoms with Gasteiger partial charge in [-0.15, -0.1) is 0 Å². The molecule has 0 bridgehead atoms. The summed E-state index contributed by atoms with van der Waals surface area (Å²) in [7, 11) is 3.01. The highest BCUT2D eigenvalue weighted by Gasteiger charge is 2.16. The number of aryl methyl sites for hydroxylation is 2. The van der Waals surface area contributed by atoms with Gasteiger partial charge >= 0.3 is 5.97 Å². The molecule has 0 fully saturated rings. The number of carbonyl (C=O) groups excluding carboxylic acids is 2. The topological polar surface area (TPSA) is 61.8 Å². The number of ether oxygens (including phenoxy) is 3. The summed E-state index contributed by atoms with van der Waals surface area (Å²) in [5.74, 6) is 0.182. The maximum absolute atomic E-state index is 12.4. The fraction of sp³-hybridized carbons (Fsp3) is 0.333. The van der Waals surface area contributed by atoms with Gasteiger partial charge in [0.25, 0.3) is 0 Å². The maximum atomic E-state index is 12.4. The number of rotatable bonds is 6. The van der Waals surface area contributed by atoms with Crippen molar-refractivity contribution in [1.82, 2.24) is 0 Å². The van der Waals surface area contributed by atoms with E-state index < -0.39 is 5.97 Å². The molecule has 0 atom stereocenters. The van der Waals surface area contributed by atoms with E-state index in [9.17, 15) is 9.59 Å². The molecule has 3 rings (SSSR count). The summed E-state index contributed by atoms with van der Waals surface area (Å²) in [6.45, 7) is -0.286. The second-order valence-corrected chi connectivity index (χ2v) is 6.26. The van der Waals surface area contributed by atoms with Crippen molar-refractivity contribution in [3.63, 3.8) is 0 Å². The van der Waals surface area contributed by atoms with Crippen LogP contribution < -0.4 is 9.47 Å². The number of ketones is 1. The van der Waals surface area contributed by atoms with E-state index in [0.717, 1.165) is 19.3 Å². The Labute approximate surface area is 152 Å². The summed E-state index contributed by atoms with van der Waals surface area (Å²) in [5.41, 5.74) is 3.44. The number of hydrogen-bond acceptors (Lipinski definition) is 5. The van der Waals surface area contributed by atoms with Gasteiger partial charge < -0.3 is 14.2 Å². The summed E-state index contributed by atoms with van der Waals surface area (Å²) >= 11 is 0. The average Bonchev–Trinajstić information content (AvgIpc) is 2.70. The molecule has 2 aromatic rings. The quantitative estimate of drug-likeness (QED) is 0.586. The lowest BCUT2D eigenvalue weighted by molar-refractivity contribution is 0.0474. The molecular weight excluding hydrogens is 332 g/mol. The molecule has 2 aromatic carbocycles. The van der Waals surface area contributed by atoms with Crippen molar-refractivity contribution in [1.29, 1.82) is 0 Å². The van der Waals surface area contributed by atoms with E-state index in [2.05, 4.69) is 0 Å². The predicted octanol–water partition coefficient (Wildman–Crippen LogP) is 3.62. The van der Waals surface area contributed by atoms with E-state index in [0.29, 0.717) is 22.6 Å². The molecule has 0 unspecified atom stereocenters. The van der Waals surface area contributed by atoms with Crippen LogP contribution in [0.2, 0.25) is 0 Å². The predicted molar refractivity (Wildman–Crippen MR) is 97.2 cm³/mol. The molecule has 5 nitrogen and oxygen atoms in total. The minimum Gasteiger partial charge on any atom is -0.493 e. The Morgan fingerprint density at radius 1 is 0.846 bits per heavy atom. The molecule has 1 aliphatic carbocycles. The van der Waals surface area contributed by atoms with Gasteiger partial charge in [0.1, 0.15) is 0 Å². The Morgan fingerprint density at radius 2 is 1.54 bits per heavy atom. The number of fused-ring (bicyclic) bond motifs is 1. The fourth-order valence-corrected chi connectivity index (χ4v) is 3.17. The first-order valence-electron chi connectivity index (χ1n) is 8.66. The zero-order valence-electron chi connectivity index (χ0n) is 15.0. The third kappa shape index (κ3) is 3.87. The summed E-state index contributed by atoms with van der Waals surface area (Å²) in [4.78, 5) is 24.6. The summed E-state index contributed by atoms with van der Waals surface area (Å²) in [6.07, 6.45) is 4.42. The van der Waals surface area contributed by atoms with E-state index in [1.54, 1.807) is 12.1 Å². The highest BCUT2D eigenvalue weighted by Crippen LogP contribution is 2.28. The van der Waals surface area contributed by atoms with Crippen LogP contribution in [0, 0.1) is 0 Å². The third-order valence-corrected chi connectivity index (χ3v) is 4.62. The van der Waals surface area contributed by atoms with Gasteiger partial charge in [-0.1, -0.05) is 12.1 Å². The zero-order chi connectivity index (χ0) is 18.5. The van der Waals surface area contributed by atoms with Crippen LogP contribution in [0.1, 0.15) is 44.7 Å². The largest absolute Gasteiger partial charge is 0.493 e. The van der Waals surface area contributed by atoms with Crippen molar-refractivity contribution < 1.29 is 23.8 Å². The highest BCUT2D eigenvalue weighted by molar-refractivity contribution is 5.99. The number of benzene rings is 2. The molecule has 0 amide bonds. The molecule has 0 radical (unpaired) electrons. The van der Waals surface area contributed by atoms with Crippen molar-refractivity contribution in [2.24, 2.45) is 0 Å². The summed E-state index contributed by atoms with van der Waals surface area (Å²) < 4.78 is 15.5. The van der Waals surface area contributed by atoms with E-state index in [4.69, 9.17) is 14.2 Å². The average molecular weight is 354 g/mol. The van der Waals surface area contributed by atoms with E-state index in [1.807, 2.05) is 18.2 Å². The monoisotopic (exact) mass is 354 g/mol. The lowest BCUT2D eigenvalue weighted by atomic mass is 9.90. The van der Waals surface area contributed by atoms with Crippen LogP contribution in [0.25, 0.3) is 0 Å². The van der Waals surface area contributed by atoms with Crippen molar-refractivity contribution in [3.05, 3.63) is 58.7 Å². The molecule has 0 saturated heterocycles. The Balaban J connectivity index is 1.65. The van der Waals surface area contributed by atoms with Crippen LogP contribution in [-0.2, 0) is 17.6 Å². The Kier molecular flexibility index (Phi) is 5.56. The van der Waals surface area contributed by atoms with Crippen LogP contribution in [0.15, 0.2) is 36.4 Å². The van der Waals surface area contributed by atoms with Crippen LogP contribution in [0.5, 0.6) is 11.5 Å². The number of Topliss-reactive ketones (excluding diaryl/α,β-unsaturated/α-hetero) is 1. The molecule has 5 heteroatoms. The number of methoxy groups -OCH3 is 2. The highest BCUT2D eigenvalue weighted by atomic mass is 16.5. The molecule has 0 N–H and O–H groups in total. The van der Waals surface area contributed by atoms with Crippen LogP contribution >= 0.6 is 0 Å². The first kappa shape index (κ1) is 18.0. The molecule has 0 heterocycles. The van der Waals surface area contributed by atoms with Gasteiger partial charge in [-0.2, -0.15) is 0 Å². The number of carbonyl (C=O) groups is 2. The lowest BCUT2D eigenvalue weighted by Crippen LogP contribution is -2.15. The molecule has 1 aliphatic rings. The fourth-order valence-electron chi connectivity index (χ4n) is 3.17. The second kappa shape index (κ2) is 8.04. The maximum Gasteiger partial charge on any atom is 0.338 e. The van der Waals surface area contributed by atoms with E-state index in [-0.39, 0.29) is 12.4 Å². The molecule has 26 heavy (non-hydrogen) atoms.